The highest BCUT2D eigenvalue weighted by molar-refractivity contribution is 7.92. The molecule has 7 heteroatoms. The number of carbonyl (C=O) groups is 1. The van der Waals surface area contributed by atoms with Crippen LogP contribution in [-0.2, 0) is 19.4 Å². The first-order chi connectivity index (χ1) is 8.98. The Labute approximate surface area is 112 Å². The zero-order chi connectivity index (χ0) is 14.3. The van der Waals surface area contributed by atoms with E-state index in [9.17, 15) is 13.2 Å². The van der Waals surface area contributed by atoms with Crippen LogP contribution in [0.5, 0.6) is 5.75 Å². The fourth-order valence-corrected chi connectivity index (χ4v) is 2.45. The minimum Gasteiger partial charge on any atom is -0.495 e. The van der Waals surface area contributed by atoms with E-state index in [2.05, 4.69) is 10.1 Å². The fraction of sp³-hybridized carbons (Fsp3) is 0.417. The number of nitrogens with one attached hydrogen (secondary N) is 1. The molecule has 106 valence electrons. The van der Waals surface area contributed by atoms with Gasteiger partial charge in [0.1, 0.15) is 11.5 Å². The maximum atomic E-state index is 11.7. The Hall–Kier alpha value is -1.60. The highest BCUT2D eigenvalue weighted by Crippen LogP contribution is 2.22. The predicted octanol–water partition coefficient (Wildman–Crippen LogP) is 0.695. The Morgan fingerprint density at radius 3 is 2.58 bits per heavy atom. The molecule has 0 atom stereocenters. The minimum absolute atomic E-state index is 0.0737. The van der Waals surface area contributed by atoms with Crippen molar-refractivity contribution >= 4 is 21.4 Å². The molecular formula is C12H17NO5S. The topological polar surface area (TPSA) is 81.7 Å². The predicted molar refractivity (Wildman–Crippen MR) is 72.2 cm³/mol. The molecule has 0 fully saturated rings. The van der Waals surface area contributed by atoms with Crippen molar-refractivity contribution in [3.8, 4) is 5.75 Å². The van der Waals surface area contributed by atoms with Gasteiger partial charge < -0.3 is 14.8 Å². The molecule has 0 aliphatic heterocycles. The summed E-state index contributed by atoms with van der Waals surface area (Å²) in [6.07, 6.45) is 0. The molecular weight excluding hydrogens is 270 g/mol. The maximum absolute atomic E-state index is 11.7. The van der Waals surface area contributed by atoms with E-state index in [-0.39, 0.29) is 12.4 Å². The zero-order valence-corrected chi connectivity index (χ0v) is 11.7. The van der Waals surface area contributed by atoms with Crippen LogP contribution in [0.4, 0.5) is 5.69 Å². The highest BCUT2D eigenvalue weighted by atomic mass is 32.2. The van der Waals surface area contributed by atoms with Gasteiger partial charge >= 0.3 is 0 Å². The lowest BCUT2D eigenvalue weighted by Crippen LogP contribution is -2.26. The first-order valence-electron chi connectivity index (χ1n) is 5.61. The number of anilines is 1. The standard InChI is InChI=1S/C12H17NO5S/c1-17-7-8-19(15,16)9-12(14)13-10-5-3-4-6-11(10)18-2/h3-6H,7-9H2,1-2H3,(H,13,14). The highest BCUT2D eigenvalue weighted by Gasteiger charge is 2.17. The van der Waals surface area contributed by atoms with Gasteiger partial charge in [-0.15, -0.1) is 0 Å². The van der Waals surface area contributed by atoms with Crippen molar-refractivity contribution in [1.29, 1.82) is 0 Å². The van der Waals surface area contributed by atoms with Gasteiger partial charge in [0.15, 0.2) is 9.84 Å². The molecule has 0 spiro atoms. The average molecular weight is 287 g/mol. The van der Waals surface area contributed by atoms with Crippen LogP contribution in [0, 0.1) is 0 Å². The molecule has 1 aromatic carbocycles. The van der Waals surface area contributed by atoms with Crippen LogP contribution in [-0.4, -0.2) is 46.7 Å². The van der Waals surface area contributed by atoms with Gasteiger partial charge in [-0.2, -0.15) is 0 Å². The van der Waals surface area contributed by atoms with Crippen molar-refractivity contribution < 1.29 is 22.7 Å². The molecule has 0 radical (unpaired) electrons. The van der Waals surface area contributed by atoms with Crippen LogP contribution in [0.3, 0.4) is 0 Å². The molecule has 0 heterocycles. The average Bonchev–Trinajstić information content (AvgIpc) is 2.36. The molecule has 1 aromatic rings. The molecule has 0 aliphatic rings. The van der Waals surface area contributed by atoms with Crippen LogP contribution in [0.1, 0.15) is 0 Å². The van der Waals surface area contributed by atoms with E-state index < -0.39 is 21.5 Å². The lowest BCUT2D eigenvalue weighted by molar-refractivity contribution is -0.113. The smallest absolute Gasteiger partial charge is 0.239 e. The Morgan fingerprint density at radius 2 is 1.95 bits per heavy atom. The molecule has 0 aliphatic carbocycles. The van der Waals surface area contributed by atoms with Gasteiger partial charge in [-0.3, -0.25) is 4.79 Å². The Bertz CT molecular complexity index is 527. The molecule has 0 bridgehead atoms. The zero-order valence-electron chi connectivity index (χ0n) is 10.9. The monoisotopic (exact) mass is 287 g/mol. The van der Waals surface area contributed by atoms with Crippen LogP contribution in [0.15, 0.2) is 24.3 Å². The van der Waals surface area contributed by atoms with Gasteiger partial charge in [0.2, 0.25) is 5.91 Å². The van der Waals surface area contributed by atoms with Crippen molar-refractivity contribution in [1.82, 2.24) is 0 Å². The maximum Gasteiger partial charge on any atom is 0.239 e. The van der Waals surface area contributed by atoms with Gasteiger partial charge in [-0.25, -0.2) is 8.42 Å². The first kappa shape index (κ1) is 15.5. The third-order valence-electron chi connectivity index (χ3n) is 2.33. The number of hydrogen-bond donors (Lipinski definition) is 1. The number of para-hydroxylation sites is 2. The quantitative estimate of drug-likeness (QED) is 0.798. The number of hydrogen-bond acceptors (Lipinski definition) is 5. The van der Waals surface area contributed by atoms with E-state index in [4.69, 9.17) is 4.74 Å². The summed E-state index contributed by atoms with van der Waals surface area (Å²) < 4.78 is 32.9. The molecule has 0 unspecified atom stereocenters. The number of benzene rings is 1. The number of methoxy groups -OCH3 is 2. The Morgan fingerprint density at radius 1 is 1.26 bits per heavy atom. The minimum atomic E-state index is -3.46. The number of ether oxygens (including phenoxy) is 2. The summed E-state index contributed by atoms with van der Waals surface area (Å²) in [6.45, 7) is 0.0737. The van der Waals surface area contributed by atoms with E-state index in [1.165, 1.54) is 14.2 Å². The summed E-state index contributed by atoms with van der Waals surface area (Å²) >= 11 is 0. The third kappa shape index (κ3) is 5.27. The second-order valence-electron chi connectivity index (χ2n) is 3.83. The third-order valence-corrected chi connectivity index (χ3v) is 3.82. The van der Waals surface area contributed by atoms with Crippen LogP contribution < -0.4 is 10.1 Å². The van der Waals surface area contributed by atoms with Gasteiger partial charge in [-0.1, -0.05) is 12.1 Å². The summed E-state index contributed by atoms with van der Waals surface area (Å²) in [7, 11) is -0.581. The first-order valence-corrected chi connectivity index (χ1v) is 7.43. The van der Waals surface area contributed by atoms with Gasteiger partial charge in [0.25, 0.3) is 0 Å². The molecule has 1 rings (SSSR count). The summed E-state index contributed by atoms with van der Waals surface area (Å²) in [4.78, 5) is 11.7. The van der Waals surface area contributed by atoms with Crippen LogP contribution in [0.25, 0.3) is 0 Å². The van der Waals surface area contributed by atoms with Gasteiger partial charge in [0.05, 0.1) is 25.2 Å². The van der Waals surface area contributed by atoms with E-state index in [1.54, 1.807) is 24.3 Å². The molecule has 1 N–H and O–H groups in total. The Balaban J connectivity index is 2.65. The number of carbonyl (C=O) groups excluding carboxylic acids is 1. The van der Waals surface area contributed by atoms with E-state index in [1.807, 2.05) is 0 Å². The molecule has 1 amide bonds. The van der Waals surface area contributed by atoms with Crippen molar-refractivity contribution in [3.63, 3.8) is 0 Å². The number of sulfone groups is 1. The lowest BCUT2D eigenvalue weighted by atomic mass is 10.3. The summed E-state index contributed by atoms with van der Waals surface area (Å²) in [6, 6.07) is 6.79. The van der Waals surface area contributed by atoms with Crippen LogP contribution >= 0.6 is 0 Å². The van der Waals surface area contributed by atoms with Crippen LogP contribution in [0.2, 0.25) is 0 Å². The largest absolute Gasteiger partial charge is 0.495 e. The fourth-order valence-electron chi connectivity index (χ4n) is 1.42. The molecule has 0 saturated carbocycles. The second kappa shape index (κ2) is 7.10. The Kier molecular flexibility index (Phi) is 5.78. The lowest BCUT2D eigenvalue weighted by Gasteiger charge is -2.09. The van der Waals surface area contributed by atoms with E-state index in [0.717, 1.165) is 0 Å². The molecule has 6 nitrogen and oxygen atoms in total. The van der Waals surface area contributed by atoms with E-state index in [0.29, 0.717) is 11.4 Å². The number of amides is 1. The van der Waals surface area contributed by atoms with Crippen molar-refractivity contribution in [2.75, 3.05) is 37.6 Å². The second-order valence-corrected chi connectivity index (χ2v) is 6.02. The summed E-state index contributed by atoms with van der Waals surface area (Å²) in [5.41, 5.74) is 0.442. The molecule has 19 heavy (non-hydrogen) atoms. The summed E-state index contributed by atoms with van der Waals surface area (Å²) in [5.74, 6) is -0.872. The van der Waals surface area contributed by atoms with Gasteiger partial charge in [0, 0.05) is 7.11 Å². The van der Waals surface area contributed by atoms with Crippen molar-refractivity contribution in [2.24, 2.45) is 0 Å². The van der Waals surface area contributed by atoms with E-state index >= 15 is 0 Å². The summed E-state index contributed by atoms with van der Waals surface area (Å²) in [5, 5.41) is 2.51. The normalized spacial score (nSPS) is 11.1. The number of rotatable bonds is 7. The molecule has 0 saturated heterocycles. The molecule has 0 aromatic heterocycles. The van der Waals surface area contributed by atoms with Crippen molar-refractivity contribution in [2.45, 2.75) is 0 Å². The van der Waals surface area contributed by atoms with Crippen molar-refractivity contribution in [3.05, 3.63) is 24.3 Å². The SMILES string of the molecule is COCCS(=O)(=O)CC(=O)Nc1ccccc1OC. The van der Waals surface area contributed by atoms with Gasteiger partial charge in [-0.05, 0) is 12.1 Å².